The van der Waals surface area contributed by atoms with E-state index in [-0.39, 0.29) is 35.2 Å². The Bertz CT molecular complexity index is 754. The molecule has 2 rings (SSSR count). The third kappa shape index (κ3) is 5.83. The molecule has 1 aliphatic carbocycles. The molecule has 1 aromatic rings. The summed E-state index contributed by atoms with van der Waals surface area (Å²) in [5.41, 5.74) is 7.21. The Kier molecular flexibility index (Phi) is 9.69. The standard InChI is InChI=1S/C19H32N4O3S.ClH/c1-4-21-17-11-10-16(27(25,26)23(5-2)6-3)13-18(17)22-19(24)14-8-7-9-15(20)12-14;/h10-11,13-15,21H,4-9,12,20H2,1-3H3,(H,22,24);1H. The highest BCUT2D eigenvalue weighted by molar-refractivity contribution is 7.89. The van der Waals surface area contributed by atoms with Crippen LogP contribution >= 0.6 is 12.4 Å². The highest BCUT2D eigenvalue weighted by atomic mass is 35.5. The maximum Gasteiger partial charge on any atom is 0.243 e. The van der Waals surface area contributed by atoms with E-state index in [4.69, 9.17) is 5.73 Å². The van der Waals surface area contributed by atoms with Crippen LogP contribution in [0.4, 0.5) is 11.4 Å². The Morgan fingerprint density at radius 1 is 1.18 bits per heavy atom. The fraction of sp³-hybridized carbons (Fsp3) is 0.632. The van der Waals surface area contributed by atoms with Gasteiger partial charge in [-0.1, -0.05) is 20.3 Å². The topological polar surface area (TPSA) is 105 Å². The molecule has 2 atom stereocenters. The van der Waals surface area contributed by atoms with E-state index in [0.717, 1.165) is 19.3 Å². The van der Waals surface area contributed by atoms with Gasteiger partial charge in [-0.2, -0.15) is 4.31 Å². The smallest absolute Gasteiger partial charge is 0.243 e. The minimum absolute atomic E-state index is 0. The summed E-state index contributed by atoms with van der Waals surface area (Å²) < 4.78 is 27.0. The number of anilines is 2. The average Bonchev–Trinajstić information content (AvgIpc) is 2.64. The van der Waals surface area contributed by atoms with Crippen molar-refractivity contribution in [2.45, 2.75) is 57.4 Å². The number of carbonyl (C=O) groups excluding carboxylic acids is 1. The average molecular weight is 433 g/mol. The first-order valence-corrected chi connectivity index (χ1v) is 11.2. The quantitative estimate of drug-likeness (QED) is 0.585. The van der Waals surface area contributed by atoms with Crippen LogP contribution < -0.4 is 16.4 Å². The number of halogens is 1. The molecule has 0 radical (unpaired) electrons. The van der Waals surface area contributed by atoms with E-state index in [1.54, 1.807) is 18.2 Å². The van der Waals surface area contributed by atoms with E-state index in [2.05, 4.69) is 10.6 Å². The lowest BCUT2D eigenvalue weighted by molar-refractivity contribution is -0.120. The molecule has 28 heavy (non-hydrogen) atoms. The number of sulfonamides is 1. The molecule has 1 aromatic carbocycles. The summed E-state index contributed by atoms with van der Waals surface area (Å²) in [7, 11) is -3.59. The lowest BCUT2D eigenvalue weighted by Gasteiger charge is -2.26. The Morgan fingerprint density at radius 2 is 1.86 bits per heavy atom. The number of hydrogen-bond acceptors (Lipinski definition) is 5. The van der Waals surface area contributed by atoms with Gasteiger partial charge in [0.2, 0.25) is 15.9 Å². The lowest BCUT2D eigenvalue weighted by atomic mass is 9.85. The molecule has 2 unspecified atom stereocenters. The van der Waals surface area contributed by atoms with Gasteiger partial charge in [-0.3, -0.25) is 4.79 Å². The maximum atomic E-state index is 12.8. The van der Waals surface area contributed by atoms with Gasteiger partial charge >= 0.3 is 0 Å². The zero-order chi connectivity index (χ0) is 20.0. The molecule has 1 saturated carbocycles. The number of nitrogens with two attached hydrogens (primary N) is 1. The van der Waals surface area contributed by atoms with Crippen LogP contribution in [-0.4, -0.2) is 44.3 Å². The Morgan fingerprint density at radius 3 is 2.43 bits per heavy atom. The Balaban J connectivity index is 0.00000392. The van der Waals surface area contributed by atoms with Gasteiger partial charge in [0.15, 0.2) is 0 Å². The number of rotatable bonds is 8. The number of carbonyl (C=O) groups is 1. The van der Waals surface area contributed by atoms with Crippen LogP contribution in [0.3, 0.4) is 0 Å². The van der Waals surface area contributed by atoms with Crippen molar-refractivity contribution >= 4 is 39.7 Å². The SMILES string of the molecule is CCNc1ccc(S(=O)(=O)N(CC)CC)cc1NC(=O)C1CCCC(N)C1.Cl. The molecule has 4 N–H and O–H groups in total. The molecular formula is C19H33ClN4O3S. The van der Waals surface area contributed by atoms with Crippen molar-refractivity contribution in [2.24, 2.45) is 11.7 Å². The third-order valence-electron chi connectivity index (χ3n) is 5.04. The van der Waals surface area contributed by atoms with E-state index in [1.807, 2.05) is 20.8 Å². The van der Waals surface area contributed by atoms with Gasteiger partial charge < -0.3 is 16.4 Å². The first-order chi connectivity index (χ1) is 12.8. The van der Waals surface area contributed by atoms with Crippen LogP contribution in [0, 0.1) is 5.92 Å². The number of hydrogen-bond donors (Lipinski definition) is 3. The number of nitrogens with one attached hydrogen (secondary N) is 2. The normalized spacial score (nSPS) is 19.8. The van der Waals surface area contributed by atoms with Gasteiger partial charge in [-0.15, -0.1) is 12.4 Å². The minimum atomic E-state index is -3.59. The van der Waals surface area contributed by atoms with Crippen molar-refractivity contribution in [1.29, 1.82) is 0 Å². The largest absolute Gasteiger partial charge is 0.384 e. The summed E-state index contributed by atoms with van der Waals surface area (Å²) in [6.07, 6.45) is 3.37. The summed E-state index contributed by atoms with van der Waals surface area (Å²) in [5, 5.41) is 6.11. The second kappa shape index (κ2) is 11.0. The maximum absolute atomic E-state index is 12.8. The molecule has 7 nitrogen and oxygen atoms in total. The molecule has 0 aliphatic heterocycles. The fourth-order valence-electron chi connectivity index (χ4n) is 3.54. The van der Waals surface area contributed by atoms with Gasteiger partial charge in [0.05, 0.1) is 16.3 Å². The lowest BCUT2D eigenvalue weighted by Crippen LogP contribution is -2.34. The van der Waals surface area contributed by atoms with Crippen molar-refractivity contribution in [3.05, 3.63) is 18.2 Å². The first kappa shape index (κ1) is 24.7. The zero-order valence-electron chi connectivity index (χ0n) is 16.9. The summed E-state index contributed by atoms with van der Waals surface area (Å²) in [6, 6.07) is 4.89. The summed E-state index contributed by atoms with van der Waals surface area (Å²) in [6.45, 7) is 7.03. The fourth-order valence-corrected chi connectivity index (χ4v) is 5.03. The monoisotopic (exact) mass is 432 g/mol. The van der Waals surface area contributed by atoms with Crippen LogP contribution in [0.15, 0.2) is 23.1 Å². The van der Waals surface area contributed by atoms with Crippen LogP contribution in [0.5, 0.6) is 0 Å². The Labute approximate surface area is 174 Å². The molecule has 160 valence electrons. The van der Waals surface area contributed by atoms with Gasteiger partial charge in [-0.25, -0.2) is 8.42 Å². The van der Waals surface area contributed by atoms with E-state index in [0.29, 0.717) is 37.4 Å². The van der Waals surface area contributed by atoms with Gasteiger partial charge in [0.1, 0.15) is 0 Å². The van der Waals surface area contributed by atoms with E-state index in [1.165, 1.54) is 4.31 Å². The summed E-state index contributed by atoms with van der Waals surface area (Å²) >= 11 is 0. The van der Waals surface area contributed by atoms with E-state index < -0.39 is 10.0 Å². The predicted octanol–water partition coefficient (Wildman–Crippen LogP) is 3.03. The summed E-state index contributed by atoms with van der Waals surface area (Å²) in [4.78, 5) is 12.9. The molecule has 0 spiro atoms. The van der Waals surface area contributed by atoms with Crippen LogP contribution in [-0.2, 0) is 14.8 Å². The van der Waals surface area contributed by atoms with Gasteiger partial charge in [0, 0.05) is 31.6 Å². The number of amides is 1. The number of nitrogens with zero attached hydrogens (tertiary/aromatic N) is 1. The van der Waals surface area contributed by atoms with Crippen molar-refractivity contribution in [3.63, 3.8) is 0 Å². The van der Waals surface area contributed by atoms with Crippen molar-refractivity contribution in [2.75, 3.05) is 30.3 Å². The molecule has 0 aromatic heterocycles. The van der Waals surface area contributed by atoms with Crippen molar-refractivity contribution in [1.82, 2.24) is 4.31 Å². The molecule has 9 heteroatoms. The minimum Gasteiger partial charge on any atom is -0.384 e. The van der Waals surface area contributed by atoms with Crippen LogP contribution in [0.25, 0.3) is 0 Å². The van der Waals surface area contributed by atoms with Crippen LogP contribution in [0.2, 0.25) is 0 Å². The highest BCUT2D eigenvalue weighted by Gasteiger charge is 2.27. The van der Waals surface area contributed by atoms with E-state index in [9.17, 15) is 13.2 Å². The second-order valence-corrected chi connectivity index (χ2v) is 8.88. The molecule has 0 bridgehead atoms. The van der Waals surface area contributed by atoms with Gasteiger partial charge in [-0.05, 0) is 44.4 Å². The molecule has 0 saturated heterocycles. The molecule has 0 heterocycles. The zero-order valence-corrected chi connectivity index (χ0v) is 18.5. The summed E-state index contributed by atoms with van der Waals surface area (Å²) in [5.74, 6) is -0.229. The van der Waals surface area contributed by atoms with Gasteiger partial charge in [0.25, 0.3) is 0 Å². The van der Waals surface area contributed by atoms with Crippen LogP contribution in [0.1, 0.15) is 46.5 Å². The first-order valence-electron chi connectivity index (χ1n) is 9.77. The molecule has 1 amide bonds. The predicted molar refractivity (Wildman–Crippen MR) is 117 cm³/mol. The second-order valence-electron chi connectivity index (χ2n) is 6.94. The molecular weight excluding hydrogens is 400 g/mol. The highest BCUT2D eigenvalue weighted by Crippen LogP contribution is 2.30. The molecule has 1 aliphatic rings. The third-order valence-corrected chi connectivity index (χ3v) is 7.09. The van der Waals surface area contributed by atoms with Crippen molar-refractivity contribution in [3.8, 4) is 0 Å². The van der Waals surface area contributed by atoms with E-state index >= 15 is 0 Å². The Hall–Kier alpha value is -1.35. The van der Waals surface area contributed by atoms with Crippen molar-refractivity contribution < 1.29 is 13.2 Å². The molecule has 1 fully saturated rings. The number of benzene rings is 1.